The van der Waals surface area contributed by atoms with Gasteiger partial charge in [-0.2, -0.15) is 0 Å². The van der Waals surface area contributed by atoms with Crippen LogP contribution in [-0.4, -0.2) is 23.9 Å². The van der Waals surface area contributed by atoms with E-state index in [1.165, 1.54) is 12.1 Å². The molecule has 5 heteroatoms. The van der Waals surface area contributed by atoms with Crippen LogP contribution in [0, 0.1) is 5.82 Å². The molecule has 1 rings (SSSR count). The smallest absolute Gasteiger partial charge is 0.231 e. The quantitative estimate of drug-likeness (QED) is 0.747. The highest BCUT2D eigenvalue weighted by atomic mass is 19.1. The highest BCUT2D eigenvalue weighted by Gasteiger charge is 2.10. The summed E-state index contributed by atoms with van der Waals surface area (Å²) in [5.74, 6) is -0.668. The van der Waals surface area contributed by atoms with Crippen LogP contribution in [-0.2, 0) is 17.9 Å². The second kappa shape index (κ2) is 7.86. The molecule has 4 N–H and O–H groups in total. The highest BCUT2D eigenvalue weighted by molar-refractivity contribution is 5.75. The van der Waals surface area contributed by atoms with E-state index >= 15 is 0 Å². The van der Waals surface area contributed by atoms with Gasteiger partial charge in [0.05, 0.1) is 6.54 Å². The summed E-state index contributed by atoms with van der Waals surface area (Å²) in [6.45, 7) is 3.85. The summed E-state index contributed by atoms with van der Waals surface area (Å²) in [5.41, 5.74) is 12.3. The Labute approximate surface area is 113 Å². The Morgan fingerprint density at radius 3 is 2.58 bits per heavy atom. The predicted octanol–water partition coefficient (Wildman–Crippen LogP) is 1.37. The van der Waals surface area contributed by atoms with E-state index in [2.05, 4.69) is 6.92 Å². The predicted molar refractivity (Wildman–Crippen MR) is 73.7 cm³/mol. The number of benzene rings is 1. The first-order valence-electron chi connectivity index (χ1n) is 6.54. The minimum absolute atomic E-state index is 0.189. The van der Waals surface area contributed by atoms with Gasteiger partial charge in [0.1, 0.15) is 5.82 Å². The summed E-state index contributed by atoms with van der Waals surface area (Å²) in [4.78, 5) is 13.0. The van der Waals surface area contributed by atoms with E-state index in [0.717, 1.165) is 30.5 Å². The van der Waals surface area contributed by atoms with Gasteiger partial charge in [-0.3, -0.25) is 9.69 Å². The van der Waals surface area contributed by atoms with Crippen molar-refractivity contribution in [3.63, 3.8) is 0 Å². The van der Waals surface area contributed by atoms with Crippen molar-refractivity contribution in [2.24, 2.45) is 11.5 Å². The third kappa shape index (κ3) is 5.81. The lowest BCUT2D eigenvalue weighted by Crippen LogP contribution is -2.34. The Morgan fingerprint density at radius 1 is 1.32 bits per heavy atom. The molecule has 0 heterocycles. The van der Waals surface area contributed by atoms with Crippen LogP contribution in [0.3, 0.4) is 0 Å². The Bertz CT molecular complexity index is 423. The van der Waals surface area contributed by atoms with Crippen LogP contribution in [0.1, 0.15) is 30.9 Å². The summed E-state index contributed by atoms with van der Waals surface area (Å²) in [5, 5.41) is 0. The highest BCUT2D eigenvalue weighted by Crippen LogP contribution is 2.12. The third-order valence-electron chi connectivity index (χ3n) is 2.87. The lowest BCUT2D eigenvalue weighted by molar-refractivity contribution is -0.119. The van der Waals surface area contributed by atoms with Crippen LogP contribution >= 0.6 is 0 Å². The molecule has 0 radical (unpaired) electrons. The maximum atomic E-state index is 13.4. The number of amides is 1. The van der Waals surface area contributed by atoms with E-state index in [0.29, 0.717) is 13.1 Å². The molecule has 19 heavy (non-hydrogen) atoms. The monoisotopic (exact) mass is 267 g/mol. The Balaban J connectivity index is 2.76. The van der Waals surface area contributed by atoms with E-state index in [1.807, 2.05) is 11.0 Å². The number of nitrogens with two attached hydrogens (primary N) is 2. The van der Waals surface area contributed by atoms with Crippen LogP contribution in [0.15, 0.2) is 18.2 Å². The Kier molecular flexibility index (Phi) is 6.45. The lowest BCUT2D eigenvalue weighted by Gasteiger charge is -2.20. The Morgan fingerprint density at radius 2 is 2.00 bits per heavy atom. The van der Waals surface area contributed by atoms with Crippen molar-refractivity contribution in [3.8, 4) is 0 Å². The maximum absolute atomic E-state index is 13.4. The third-order valence-corrected chi connectivity index (χ3v) is 2.87. The number of carbonyl (C=O) groups is 1. The summed E-state index contributed by atoms with van der Waals surface area (Å²) < 4.78 is 13.4. The zero-order valence-electron chi connectivity index (χ0n) is 11.4. The number of carbonyl (C=O) groups excluding carboxylic acids is 1. The van der Waals surface area contributed by atoms with Gasteiger partial charge in [0.25, 0.3) is 0 Å². The SMILES string of the molecule is CCCCN(CC(N)=O)Cc1cc(F)cc(CN)c1. The molecule has 0 aliphatic rings. The van der Waals surface area contributed by atoms with Gasteiger partial charge in [-0.05, 0) is 36.2 Å². The second-order valence-corrected chi connectivity index (χ2v) is 4.70. The molecule has 0 aromatic heterocycles. The van der Waals surface area contributed by atoms with Gasteiger partial charge in [0.15, 0.2) is 0 Å². The molecule has 0 fully saturated rings. The molecular formula is C14H22FN3O. The van der Waals surface area contributed by atoms with Crippen molar-refractivity contribution >= 4 is 5.91 Å². The van der Waals surface area contributed by atoms with E-state index in [4.69, 9.17) is 11.5 Å². The molecule has 0 aliphatic heterocycles. The fraction of sp³-hybridized carbons (Fsp3) is 0.500. The molecule has 0 saturated heterocycles. The van der Waals surface area contributed by atoms with Crippen molar-refractivity contribution < 1.29 is 9.18 Å². The van der Waals surface area contributed by atoms with Crippen molar-refractivity contribution in [3.05, 3.63) is 35.1 Å². The van der Waals surface area contributed by atoms with Gasteiger partial charge >= 0.3 is 0 Å². The molecule has 1 aromatic rings. The summed E-state index contributed by atoms with van der Waals surface area (Å²) in [6.07, 6.45) is 2.01. The number of rotatable bonds is 8. The van der Waals surface area contributed by atoms with Crippen LogP contribution in [0.4, 0.5) is 4.39 Å². The first-order valence-corrected chi connectivity index (χ1v) is 6.54. The van der Waals surface area contributed by atoms with Crippen LogP contribution < -0.4 is 11.5 Å². The standard InChI is InChI=1S/C14H22FN3O/c1-2-3-4-18(10-14(17)19)9-12-5-11(8-16)6-13(15)7-12/h5-7H,2-4,8-10,16H2,1H3,(H2,17,19). The molecule has 0 spiro atoms. The molecule has 106 valence electrons. The molecule has 4 nitrogen and oxygen atoms in total. The number of hydrogen-bond donors (Lipinski definition) is 2. The summed E-state index contributed by atoms with van der Waals surface area (Å²) in [6, 6.07) is 4.76. The van der Waals surface area contributed by atoms with Gasteiger partial charge < -0.3 is 11.5 Å². The number of unbranched alkanes of at least 4 members (excludes halogenated alkanes) is 1. The summed E-state index contributed by atoms with van der Waals surface area (Å²) >= 11 is 0. The zero-order chi connectivity index (χ0) is 14.3. The van der Waals surface area contributed by atoms with Crippen molar-refractivity contribution in [1.29, 1.82) is 0 Å². The molecule has 1 amide bonds. The Hall–Kier alpha value is -1.46. The molecule has 0 bridgehead atoms. The van der Waals surface area contributed by atoms with Crippen LogP contribution in [0.2, 0.25) is 0 Å². The van der Waals surface area contributed by atoms with E-state index in [1.54, 1.807) is 0 Å². The van der Waals surface area contributed by atoms with E-state index in [-0.39, 0.29) is 18.3 Å². The number of halogens is 1. The topological polar surface area (TPSA) is 72.3 Å². The normalized spacial score (nSPS) is 10.9. The fourth-order valence-electron chi connectivity index (χ4n) is 2.00. The van der Waals surface area contributed by atoms with Crippen molar-refractivity contribution in [1.82, 2.24) is 4.90 Å². The van der Waals surface area contributed by atoms with Crippen molar-refractivity contribution in [2.45, 2.75) is 32.9 Å². The van der Waals surface area contributed by atoms with Gasteiger partial charge in [-0.15, -0.1) is 0 Å². The molecule has 0 atom stereocenters. The largest absolute Gasteiger partial charge is 0.369 e. The molecule has 1 aromatic carbocycles. The van der Waals surface area contributed by atoms with Gasteiger partial charge in [-0.25, -0.2) is 4.39 Å². The minimum Gasteiger partial charge on any atom is -0.369 e. The molecule has 0 saturated carbocycles. The van der Waals surface area contributed by atoms with Gasteiger partial charge in [0, 0.05) is 13.1 Å². The lowest BCUT2D eigenvalue weighted by atomic mass is 10.1. The number of hydrogen-bond acceptors (Lipinski definition) is 3. The molecular weight excluding hydrogens is 245 g/mol. The van der Waals surface area contributed by atoms with Crippen LogP contribution in [0.5, 0.6) is 0 Å². The van der Waals surface area contributed by atoms with Gasteiger partial charge in [-0.1, -0.05) is 19.4 Å². The fourth-order valence-corrected chi connectivity index (χ4v) is 2.00. The van der Waals surface area contributed by atoms with E-state index in [9.17, 15) is 9.18 Å². The van der Waals surface area contributed by atoms with Crippen molar-refractivity contribution in [2.75, 3.05) is 13.1 Å². The zero-order valence-corrected chi connectivity index (χ0v) is 11.4. The summed E-state index contributed by atoms with van der Waals surface area (Å²) in [7, 11) is 0. The average molecular weight is 267 g/mol. The first-order chi connectivity index (χ1) is 9.05. The number of primary amides is 1. The number of nitrogens with zero attached hydrogens (tertiary/aromatic N) is 1. The van der Waals surface area contributed by atoms with Gasteiger partial charge in [0.2, 0.25) is 5.91 Å². The second-order valence-electron chi connectivity index (χ2n) is 4.70. The first kappa shape index (κ1) is 15.6. The minimum atomic E-state index is -0.369. The van der Waals surface area contributed by atoms with E-state index < -0.39 is 0 Å². The molecule has 0 aliphatic carbocycles. The average Bonchev–Trinajstić information content (AvgIpc) is 2.34. The van der Waals surface area contributed by atoms with Crippen LogP contribution in [0.25, 0.3) is 0 Å². The molecule has 0 unspecified atom stereocenters. The maximum Gasteiger partial charge on any atom is 0.231 e.